The molecule has 4 nitrogen and oxygen atoms in total. The van der Waals surface area contributed by atoms with Gasteiger partial charge >= 0.3 is 0 Å². The van der Waals surface area contributed by atoms with Crippen molar-refractivity contribution in [3.63, 3.8) is 0 Å². The van der Waals surface area contributed by atoms with E-state index in [1.807, 2.05) is 0 Å². The maximum atomic E-state index is 13.5. The van der Waals surface area contributed by atoms with Gasteiger partial charge in [-0.3, -0.25) is 9.59 Å². The zero-order valence-electron chi connectivity index (χ0n) is 8.11. The van der Waals surface area contributed by atoms with E-state index in [0.29, 0.717) is 11.8 Å². The molecule has 2 rings (SSSR count). The van der Waals surface area contributed by atoms with Gasteiger partial charge in [0.1, 0.15) is 12.1 Å². The quantitative estimate of drug-likeness (QED) is 0.774. The number of H-pyrrole nitrogens is 1. The first-order valence-corrected chi connectivity index (χ1v) is 4.50. The molecule has 1 aromatic heterocycles. The average Bonchev–Trinajstić information content (AvgIpc) is 2.31. The van der Waals surface area contributed by atoms with Gasteiger partial charge in [0.05, 0.1) is 11.9 Å². The minimum Gasteiger partial charge on any atom is -0.313 e. The van der Waals surface area contributed by atoms with Crippen molar-refractivity contribution < 1.29 is 9.18 Å². The van der Waals surface area contributed by atoms with Crippen LogP contribution in [0.1, 0.15) is 10.4 Å². The van der Waals surface area contributed by atoms with Crippen molar-refractivity contribution >= 4 is 6.29 Å². The number of nitrogens with one attached hydrogen (secondary N) is 1. The lowest BCUT2D eigenvalue weighted by molar-refractivity contribution is 0.112. The van der Waals surface area contributed by atoms with E-state index in [4.69, 9.17) is 0 Å². The Kier molecular flexibility index (Phi) is 2.59. The number of hydrogen-bond acceptors (Lipinski definition) is 3. The molecule has 1 N–H and O–H groups in total. The lowest BCUT2D eigenvalue weighted by atomic mass is 10.1. The second-order valence-corrected chi connectivity index (χ2v) is 3.15. The number of benzene rings is 1. The first kappa shape index (κ1) is 10.2. The third-order valence-corrected chi connectivity index (χ3v) is 2.14. The molecule has 16 heavy (non-hydrogen) atoms. The minimum absolute atomic E-state index is 0.0685. The van der Waals surface area contributed by atoms with Crippen molar-refractivity contribution in [2.75, 3.05) is 0 Å². The maximum absolute atomic E-state index is 13.5. The van der Waals surface area contributed by atoms with Gasteiger partial charge < -0.3 is 4.98 Å². The van der Waals surface area contributed by atoms with Gasteiger partial charge in [-0.1, -0.05) is 0 Å². The summed E-state index contributed by atoms with van der Waals surface area (Å²) >= 11 is 0. The Morgan fingerprint density at radius 3 is 2.81 bits per heavy atom. The van der Waals surface area contributed by atoms with Crippen LogP contribution in [0.2, 0.25) is 0 Å². The van der Waals surface area contributed by atoms with Crippen molar-refractivity contribution in [1.82, 2.24) is 9.97 Å². The molecule has 0 saturated carbocycles. The molecular formula is C11H7FN2O2. The van der Waals surface area contributed by atoms with Gasteiger partial charge in [-0.05, 0) is 18.2 Å². The molecule has 0 aliphatic carbocycles. The summed E-state index contributed by atoms with van der Waals surface area (Å²) in [4.78, 5) is 28.0. The van der Waals surface area contributed by atoms with E-state index in [-0.39, 0.29) is 11.1 Å². The number of rotatable bonds is 2. The van der Waals surface area contributed by atoms with E-state index in [2.05, 4.69) is 9.97 Å². The van der Waals surface area contributed by atoms with Crippen LogP contribution < -0.4 is 5.56 Å². The molecule has 1 aromatic carbocycles. The number of halogens is 1. The zero-order chi connectivity index (χ0) is 11.5. The number of aromatic amines is 1. The molecule has 0 bridgehead atoms. The van der Waals surface area contributed by atoms with Crippen LogP contribution in [-0.4, -0.2) is 16.3 Å². The topological polar surface area (TPSA) is 62.8 Å². The highest BCUT2D eigenvalue weighted by Gasteiger charge is 2.09. The highest BCUT2D eigenvalue weighted by molar-refractivity contribution is 5.78. The monoisotopic (exact) mass is 218 g/mol. The summed E-state index contributed by atoms with van der Waals surface area (Å²) in [6.07, 6.45) is 3.06. The second kappa shape index (κ2) is 4.06. The number of carbonyl (C=O) groups is 1. The highest BCUT2D eigenvalue weighted by atomic mass is 19.1. The van der Waals surface area contributed by atoms with Crippen LogP contribution >= 0.6 is 0 Å². The summed E-state index contributed by atoms with van der Waals surface area (Å²) in [7, 11) is 0. The highest BCUT2D eigenvalue weighted by Crippen LogP contribution is 2.19. The van der Waals surface area contributed by atoms with Crippen LogP contribution in [0, 0.1) is 5.82 Å². The van der Waals surface area contributed by atoms with Crippen LogP contribution in [0.5, 0.6) is 0 Å². The minimum atomic E-state index is -0.566. The molecule has 0 aliphatic rings. The Bertz CT molecular complexity index is 593. The zero-order valence-corrected chi connectivity index (χ0v) is 8.11. The predicted octanol–water partition coefficient (Wildman–Crippen LogP) is 1.39. The van der Waals surface area contributed by atoms with Crippen molar-refractivity contribution in [3.05, 3.63) is 52.5 Å². The SMILES string of the molecule is O=Cc1ccc(F)c(-c2cnc[nH]c2=O)c1. The van der Waals surface area contributed by atoms with Gasteiger partial charge in [-0.25, -0.2) is 9.37 Å². The smallest absolute Gasteiger partial charge is 0.258 e. The normalized spacial score (nSPS) is 10.1. The van der Waals surface area contributed by atoms with Gasteiger partial charge in [0.25, 0.3) is 5.56 Å². The summed E-state index contributed by atoms with van der Waals surface area (Å²) in [6, 6.07) is 3.80. The number of hydrogen-bond donors (Lipinski definition) is 1. The molecule has 0 unspecified atom stereocenters. The number of aldehydes is 1. The van der Waals surface area contributed by atoms with E-state index in [0.717, 1.165) is 6.07 Å². The molecule has 0 amide bonds. The molecule has 0 atom stereocenters. The number of carbonyl (C=O) groups excluding carboxylic acids is 1. The van der Waals surface area contributed by atoms with Crippen LogP contribution in [0.3, 0.4) is 0 Å². The van der Waals surface area contributed by atoms with Gasteiger partial charge in [-0.15, -0.1) is 0 Å². The van der Waals surface area contributed by atoms with Crippen molar-refractivity contribution in [2.45, 2.75) is 0 Å². The molecule has 0 spiro atoms. The summed E-state index contributed by atoms with van der Waals surface area (Å²) in [5.41, 5.74) is 0.0271. The number of aromatic nitrogens is 2. The van der Waals surface area contributed by atoms with Gasteiger partial charge in [0.15, 0.2) is 0 Å². The van der Waals surface area contributed by atoms with Crippen molar-refractivity contribution in [3.8, 4) is 11.1 Å². The fraction of sp³-hybridized carbons (Fsp3) is 0. The molecule has 1 heterocycles. The molecule has 0 radical (unpaired) electrons. The Morgan fingerprint density at radius 1 is 1.31 bits per heavy atom. The second-order valence-electron chi connectivity index (χ2n) is 3.15. The van der Waals surface area contributed by atoms with Crippen LogP contribution in [0.25, 0.3) is 11.1 Å². The molecule has 80 valence electrons. The fourth-order valence-electron chi connectivity index (χ4n) is 1.36. The molecule has 5 heteroatoms. The van der Waals surface area contributed by atoms with E-state index >= 15 is 0 Å². The Labute approximate surface area is 89.8 Å². The van der Waals surface area contributed by atoms with Crippen LogP contribution in [0.15, 0.2) is 35.5 Å². The van der Waals surface area contributed by atoms with E-state index in [1.165, 1.54) is 24.7 Å². The predicted molar refractivity (Wildman–Crippen MR) is 55.6 cm³/mol. The third kappa shape index (κ3) is 1.75. The summed E-state index contributed by atoms with van der Waals surface area (Å²) in [6.45, 7) is 0. The first-order chi connectivity index (χ1) is 7.72. The molecule has 0 fully saturated rings. The Balaban J connectivity index is 2.68. The Morgan fingerprint density at radius 2 is 2.12 bits per heavy atom. The standard InChI is InChI=1S/C11H7FN2O2/c12-10-2-1-7(5-15)3-8(10)9-4-13-6-14-11(9)16/h1-6H,(H,13,14,16). The van der Waals surface area contributed by atoms with Crippen molar-refractivity contribution in [2.24, 2.45) is 0 Å². The molecule has 0 aliphatic heterocycles. The van der Waals surface area contributed by atoms with Gasteiger partial charge in [0, 0.05) is 17.3 Å². The average molecular weight is 218 g/mol. The van der Waals surface area contributed by atoms with E-state index < -0.39 is 11.4 Å². The lowest BCUT2D eigenvalue weighted by Crippen LogP contribution is -2.09. The summed E-state index contributed by atoms with van der Waals surface area (Å²) < 4.78 is 13.5. The number of nitrogens with zero attached hydrogens (tertiary/aromatic N) is 1. The molecule has 2 aromatic rings. The largest absolute Gasteiger partial charge is 0.313 e. The maximum Gasteiger partial charge on any atom is 0.258 e. The molecular weight excluding hydrogens is 211 g/mol. The Hall–Kier alpha value is -2.30. The first-order valence-electron chi connectivity index (χ1n) is 4.50. The summed E-state index contributed by atoms with van der Waals surface area (Å²) in [5.74, 6) is -0.566. The van der Waals surface area contributed by atoms with E-state index in [9.17, 15) is 14.0 Å². The fourth-order valence-corrected chi connectivity index (χ4v) is 1.36. The molecule has 0 saturated heterocycles. The van der Waals surface area contributed by atoms with Crippen molar-refractivity contribution in [1.29, 1.82) is 0 Å². The van der Waals surface area contributed by atoms with Gasteiger partial charge in [0.2, 0.25) is 0 Å². The van der Waals surface area contributed by atoms with Crippen LogP contribution in [-0.2, 0) is 0 Å². The lowest BCUT2D eigenvalue weighted by Gasteiger charge is -2.02. The van der Waals surface area contributed by atoms with E-state index in [1.54, 1.807) is 0 Å². The summed E-state index contributed by atoms with van der Waals surface area (Å²) in [5, 5.41) is 0. The third-order valence-electron chi connectivity index (χ3n) is 2.14. The van der Waals surface area contributed by atoms with Crippen LogP contribution in [0.4, 0.5) is 4.39 Å². The van der Waals surface area contributed by atoms with Gasteiger partial charge in [-0.2, -0.15) is 0 Å².